The predicted molar refractivity (Wildman–Crippen MR) is 158 cm³/mol. The first kappa shape index (κ1) is 27.9. The summed E-state index contributed by atoms with van der Waals surface area (Å²) in [6.07, 6.45) is 4.81. The van der Waals surface area contributed by atoms with E-state index in [4.69, 9.17) is 29.9 Å². The third-order valence-corrected chi connectivity index (χ3v) is 10.4. The first-order chi connectivity index (χ1) is 19.7. The summed E-state index contributed by atoms with van der Waals surface area (Å²) >= 11 is 1.49. The average molecular weight is 578 g/mol. The van der Waals surface area contributed by atoms with E-state index in [1.807, 2.05) is 6.07 Å². The van der Waals surface area contributed by atoms with Crippen LogP contribution in [0, 0.1) is 11.3 Å². The molecule has 0 radical (unpaired) electrons. The summed E-state index contributed by atoms with van der Waals surface area (Å²) in [6.45, 7) is 11.3. The zero-order valence-electron chi connectivity index (χ0n) is 24.5. The number of hydrogen-bond acceptors (Lipinski definition) is 12. The molecule has 3 N–H and O–H groups in total. The van der Waals surface area contributed by atoms with Gasteiger partial charge in [0.2, 0.25) is 11.7 Å². The molecule has 12 heteroatoms. The summed E-state index contributed by atoms with van der Waals surface area (Å²) in [5.41, 5.74) is 7.64. The molecule has 1 aliphatic carbocycles. The van der Waals surface area contributed by atoms with Crippen molar-refractivity contribution < 1.29 is 9.26 Å². The van der Waals surface area contributed by atoms with Crippen molar-refractivity contribution in [2.24, 2.45) is 0 Å². The number of fused-ring (bicyclic) bond motifs is 1. The van der Waals surface area contributed by atoms with Crippen LogP contribution in [-0.2, 0) is 11.8 Å². The van der Waals surface area contributed by atoms with Gasteiger partial charge in [-0.1, -0.05) is 5.16 Å². The van der Waals surface area contributed by atoms with Crippen LogP contribution < -0.4 is 20.7 Å². The highest BCUT2D eigenvalue weighted by Gasteiger charge is 2.43. The van der Waals surface area contributed by atoms with Crippen LogP contribution in [0.2, 0.25) is 0 Å². The molecule has 5 atom stereocenters. The summed E-state index contributed by atoms with van der Waals surface area (Å²) in [5.74, 6) is 1.63. The molecule has 3 aromatic heterocycles. The first-order valence-electron chi connectivity index (χ1n) is 14.6. The lowest BCUT2D eigenvalue weighted by atomic mass is 9.72. The summed E-state index contributed by atoms with van der Waals surface area (Å²) in [5, 5.41) is 18.4. The highest BCUT2D eigenvalue weighted by Crippen LogP contribution is 2.48. The van der Waals surface area contributed by atoms with Gasteiger partial charge >= 0.3 is 6.01 Å². The number of nitrogens with one attached hydrogen (secondary N) is 1. The molecule has 6 rings (SSSR count). The SMILES string of the molecule is CC1NCCN(c2cc(-c3noc([C@@]4(C)CCCc5sc(N)c(C#N)c54)n3)nc(O[C@@H](C)[C@@H]3CCCN3C)n2)C1C. The van der Waals surface area contributed by atoms with Crippen molar-refractivity contribution in [2.75, 3.05) is 37.3 Å². The Morgan fingerprint density at radius 3 is 2.85 bits per heavy atom. The highest BCUT2D eigenvalue weighted by molar-refractivity contribution is 7.16. The lowest BCUT2D eigenvalue weighted by Gasteiger charge is -2.39. The van der Waals surface area contributed by atoms with Crippen molar-refractivity contribution in [1.29, 1.82) is 5.26 Å². The molecule has 3 aliphatic rings. The number of rotatable bonds is 6. The molecular formula is C29H39N9O2S. The molecule has 2 unspecified atom stereocenters. The van der Waals surface area contributed by atoms with Gasteiger partial charge in [0.1, 0.15) is 28.7 Å². The van der Waals surface area contributed by atoms with Crippen LogP contribution in [-0.4, -0.2) is 75.9 Å². The third-order valence-electron chi connectivity index (χ3n) is 9.31. The number of nitrogen functional groups attached to an aromatic ring is 1. The maximum absolute atomic E-state index is 9.88. The molecule has 0 aromatic carbocycles. The minimum atomic E-state index is -0.600. The number of aryl methyl sites for hydroxylation is 1. The quantitative estimate of drug-likeness (QED) is 0.442. The molecule has 11 nitrogen and oxygen atoms in total. The topological polar surface area (TPSA) is 142 Å². The number of thiophene rings is 1. The second-order valence-electron chi connectivity index (χ2n) is 11.9. The number of aromatic nitrogens is 4. The summed E-state index contributed by atoms with van der Waals surface area (Å²) in [7, 11) is 2.14. The average Bonchev–Trinajstić information content (AvgIpc) is 3.69. The van der Waals surface area contributed by atoms with Crippen LogP contribution in [0.1, 0.15) is 75.3 Å². The molecule has 2 saturated heterocycles. The number of nitriles is 1. The van der Waals surface area contributed by atoms with E-state index in [-0.39, 0.29) is 12.1 Å². The number of likely N-dealkylation sites (N-methyl/N-ethyl adjacent to an activating group) is 1. The van der Waals surface area contributed by atoms with Crippen molar-refractivity contribution in [2.45, 2.75) is 89.4 Å². The van der Waals surface area contributed by atoms with Crippen molar-refractivity contribution in [3.05, 3.63) is 28.0 Å². The van der Waals surface area contributed by atoms with Crippen LogP contribution in [0.15, 0.2) is 10.6 Å². The van der Waals surface area contributed by atoms with Crippen LogP contribution in [0.3, 0.4) is 0 Å². The summed E-state index contributed by atoms with van der Waals surface area (Å²) in [6, 6.07) is 5.41. The monoisotopic (exact) mass is 577 g/mol. The number of nitrogens with two attached hydrogens (primary N) is 1. The largest absolute Gasteiger partial charge is 0.459 e. The van der Waals surface area contributed by atoms with E-state index in [1.165, 1.54) is 11.3 Å². The first-order valence-corrected chi connectivity index (χ1v) is 15.4. The molecule has 3 aromatic rings. The van der Waals surface area contributed by atoms with E-state index in [0.29, 0.717) is 46.1 Å². The van der Waals surface area contributed by atoms with Crippen molar-refractivity contribution >= 4 is 22.2 Å². The van der Waals surface area contributed by atoms with Gasteiger partial charge in [0.05, 0.1) is 11.0 Å². The van der Waals surface area contributed by atoms with Gasteiger partial charge in [-0.3, -0.25) is 4.90 Å². The number of piperazine rings is 1. The fourth-order valence-electron chi connectivity index (χ4n) is 6.74. The third kappa shape index (κ3) is 4.94. The van der Waals surface area contributed by atoms with Gasteiger partial charge < -0.3 is 25.2 Å². The molecule has 2 aliphatic heterocycles. The van der Waals surface area contributed by atoms with Gasteiger partial charge in [0, 0.05) is 47.7 Å². The number of anilines is 2. The zero-order chi connectivity index (χ0) is 28.9. The standard InChI is InChI=1S/C29H39N9O2S/c1-16-17(2)38(13-11-32-16)23-14-20(33-28(34-23)39-18(3)21-8-7-12-37(21)5)26-35-27(40-36-26)29(4)10-6-9-22-24(29)19(15-30)25(31)41-22/h14,16-18,21,32H,6-13,31H2,1-5H3/t16?,17?,18-,21-,29-/m0/s1. The molecule has 0 saturated carbocycles. The molecule has 0 bridgehead atoms. The van der Waals surface area contributed by atoms with Crippen LogP contribution in [0.25, 0.3) is 11.5 Å². The molecule has 0 spiro atoms. The second-order valence-corrected chi connectivity index (χ2v) is 13.1. The van der Waals surface area contributed by atoms with E-state index in [1.54, 1.807) is 0 Å². The Balaban J connectivity index is 1.38. The lowest BCUT2D eigenvalue weighted by molar-refractivity contribution is 0.112. The Morgan fingerprint density at radius 2 is 2.10 bits per heavy atom. The van der Waals surface area contributed by atoms with E-state index >= 15 is 0 Å². The van der Waals surface area contributed by atoms with Gasteiger partial charge in [0.15, 0.2) is 0 Å². The van der Waals surface area contributed by atoms with Crippen LogP contribution in [0.4, 0.5) is 10.8 Å². The van der Waals surface area contributed by atoms with Gasteiger partial charge in [0.25, 0.3) is 0 Å². The maximum atomic E-state index is 9.88. The van der Waals surface area contributed by atoms with E-state index in [0.717, 1.165) is 68.0 Å². The zero-order valence-corrected chi connectivity index (χ0v) is 25.3. The molecule has 0 amide bonds. The van der Waals surface area contributed by atoms with Gasteiger partial charge in [-0.2, -0.15) is 20.2 Å². The Hall–Kier alpha value is -3.27. The van der Waals surface area contributed by atoms with E-state index in [2.05, 4.69) is 61.1 Å². The summed E-state index contributed by atoms with van der Waals surface area (Å²) < 4.78 is 12.3. The minimum absolute atomic E-state index is 0.0705. The smallest absolute Gasteiger partial charge is 0.319 e. The van der Waals surface area contributed by atoms with Gasteiger partial charge in [-0.05, 0) is 73.4 Å². The Morgan fingerprint density at radius 1 is 1.27 bits per heavy atom. The number of hydrogen-bond donors (Lipinski definition) is 2. The van der Waals surface area contributed by atoms with Crippen molar-refractivity contribution in [3.8, 4) is 23.6 Å². The van der Waals surface area contributed by atoms with Gasteiger partial charge in [-0.25, -0.2) is 0 Å². The normalized spacial score (nSPS) is 27.4. The van der Waals surface area contributed by atoms with Crippen molar-refractivity contribution in [3.63, 3.8) is 0 Å². The summed E-state index contributed by atoms with van der Waals surface area (Å²) in [4.78, 5) is 20.3. The molecule has 2 fully saturated rings. The highest BCUT2D eigenvalue weighted by atomic mass is 32.1. The molecule has 218 valence electrons. The van der Waals surface area contributed by atoms with E-state index < -0.39 is 5.41 Å². The van der Waals surface area contributed by atoms with Crippen LogP contribution >= 0.6 is 11.3 Å². The van der Waals surface area contributed by atoms with Crippen molar-refractivity contribution in [1.82, 2.24) is 30.3 Å². The maximum Gasteiger partial charge on any atom is 0.319 e. The Kier molecular flexibility index (Phi) is 7.38. The predicted octanol–water partition coefficient (Wildman–Crippen LogP) is 3.73. The lowest BCUT2D eigenvalue weighted by Crippen LogP contribution is -2.55. The molecular weight excluding hydrogens is 538 g/mol. The molecule has 5 heterocycles. The van der Waals surface area contributed by atoms with E-state index in [9.17, 15) is 5.26 Å². The number of nitrogens with zero attached hydrogens (tertiary/aromatic N) is 7. The number of likely N-dealkylation sites (tertiary alicyclic amines) is 1. The fourth-order valence-corrected chi connectivity index (χ4v) is 7.93. The minimum Gasteiger partial charge on any atom is -0.459 e. The Labute approximate surface area is 245 Å². The van der Waals surface area contributed by atoms with Crippen LogP contribution in [0.5, 0.6) is 6.01 Å². The fraction of sp³-hybridized carbons (Fsp3) is 0.621. The van der Waals surface area contributed by atoms with Gasteiger partial charge in [-0.15, -0.1) is 11.3 Å². The molecule has 41 heavy (non-hydrogen) atoms. The number of ether oxygens (including phenoxy) is 1. The second kappa shape index (κ2) is 10.9. The Bertz CT molecular complexity index is 1460.